The van der Waals surface area contributed by atoms with Gasteiger partial charge in [0.2, 0.25) is 0 Å². The molecule has 1 aromatic rings. The van der Waals surface area contributed by atoms with Gasteiger partial charge in [0.05, 0.1) is 3.39 Å². The fourth-order valence-corrected chi connectivity index (χ4v) is 1.47. The molecule has 0 radical (unpaired) electrons. The van der Waals surface area contributed by atoms with Crippen LogP contribution in [-0.2, 0) is 6.42 Å². The SMILES string of the molecule is CC(CCc1ccccc1)=C(Br)Br. The van der Waals surface area contributed by atoms with E-state index < -0.39 is 0 Å². The number of benzene rings is 1. The first-order valence-corrected chi connectivity index (χ1v) is 5.83. The van der Waals surface area contributed by atoms with Crippen LogP contribution in [0.15, 0.2) is 39.3 Å². The third-order valence-electron chi connectivity index (χ3n) is 1.95. The van der Waals surface area contributed by atoms with Gasteiger partial charge in [0.15, 0.2) is 0 Å². The first-order chi connectivity index (χ1) is 6.20. The molecule has 2 heteroatoms. The van der Waals surface area contributed by atoms with E-state index in [1.165, 1.54) is 11.1 Å². The number of aryl methyl sites for hydroxylation is 1. The molecule has 70 valence electrons. The van der Waals surface area contributed by atoms with Crippen LogP contribution in [-0.4, -0.2) is 0 Å². The van der Waals surface area contributed by atoms with E-state index in [0.29, 0.717) is 0 Å². The molecule has 0 spiro atoms. The summed E-state index contributed by atoms with van der Waals surface area (Å²) in [6, 6.07) is 10.5. The summed E-state index contributed by atoms with van der Waals surface area (Å²) in [5.74, 6) is 0. The van der Waals surface area contributed by atoms with Crippen molar-refractivity contribution in [2.45, 2.75) is 19.8 Å². The molecule has 0 aliphatic carbocycles. The summed E-state index contributed by atoms with van der Waals surface area (Å²) in [5, 5.41) is 0. The zero-order valence-corrected chi connectivity index (χ0v) is 10.7. The highest BCUT2D eigenvalue weighted by molar-refractivity contribution is 9.28. The van der Waals surface area contributed by atoms with E-state index in [4.69, 9.17) is 0 Å². The van der Waals surface area contributed by atoms with E-state index >= 15 is 0 Å². The number of allylic oxidation sites excluding steroid dienone is 1. The van der Waals surface area contributed by atoms with Gasteiger partial charge in [-0.15, -0.1) is 0 Å². The van der Waals surface area contributed by atoms with Crippen molar-refractivity contribution in [2.24, 2.45) is 0 Å². The van der Waals surface area contributed by atoms with Crippen LogP contribution in [0.2, 0.25) is 0 Å². The van der Waals surface area contributed by atoms with Crippen molar-refractivity contribution < 1.29 is 0 Å². The Kier molecular flexibility index (Phi) is 4.74. The summed E-state index contributed by atoms with van der Waals surface area (Å²) in [5.41, 5.74) is 2.74. The lowest BCUT2D eigenvalue weighted by Gasteiger charge is -2.01. The molecule has 0 bridgehead atoms. The lowest BCUT2D eigenvalue weighted by molar-refractivity contribution is 0.943. The maximum atomic E-state index is 3.41. The first-order valence-electron chi connectivity index (χ1n) is 4.25. The molecule has 0 aromatic heterocycles. The van der Waals surface area contributed by atoms with Gasteiger partial charge in [-0.2, -0.15) is 0 Å². The fourth-order valence-electron chi connectivity index (χ4n) is 1.07. The minimum Gasteiger partial charge on any atom is -0.0622 e. The van der Waals surface area contributed by atoms with Crippen LogP contribution in [0.3, 0.4) is 0 Å². The normalized spacial score (nSPS) is 9.77. The zero-order chi connectivity index (χ0) is 9.68. The van der Waals surface area contributed by atoms with Gasteiger partial charge >= 0.3 is 0 Å². The second-order valence-electron chi connectivity index (χ2n) is 3.03. The molecule has 0 aliphatic heterocycles. The highest BCUT2D eigenvalue weighted by Gasteiger charge is 1.96. The monoisotopic (exact) mass is 302 g/mol. The second kappa shape index (κ2) is 5.61. The Morgan fingerprint density at radius 2 is 1.77 bits per heavy atom. The topological polar surface area (TPSA) is 0 Å². The van der Waals surface area contributed by atoms with Crippen LogP contribution < -0.4 is 0 Å². The molecule has 0 aliphatic rings. The summed E-state index contributed by atoms with van der Waals surface area (Å²) < 4.78 is 1.08. The minimum atomic E-state index is 1.08. The Morgan fingerprint density at radius 1 is 1.15 bits per heavy atom. The first kappa shape index (κ1) is 11.0. The van der Waals surface area contributed by atoms with Crippen LogP contribution in [0, 0.1) is 0 Å². The van der Waals surface area contributed by atoms with Crippen LogP contribution in [0.4, 0.5) is 0 Å². The van der Waals surface area contributed by atoms with Crippen LogP contribution >= 0.6 is 31.9 Å². The van der Waals surface area contributed by atoms with Crippen LogP contribution in [0.1, 0.15) is 18.9 Å². The van der Waals surface area contributed by atoms with Gasteiger partial charge in [0.25, 0.3) is 0 Å². The highest BCUT2D eigenvalue weighted by Crippen LogP contribution is 2.22. The van der Waals surface area contributed by atoms with Crippen LogP contribution in [0.5, 0.6) is 0 Å². The van der Waals surface area contributed by atoms with Gasteiger partial charge in [-0.3, -0.25) is 0 Å². The Morgan fingerprint density at radius 3 is 2.31 bits per heavy atom. The molecule has 1 aromatic carbocycles. The zero-order valence-electron chi connectivity index (χ0n) is 7.56. The predicted molar refractivity (Wildman–Crippen MR) is 65.3 cm³/mol. The van der Waals surface area contributed by atoms with Crippen molar-refractivity contribution >= 4 is 31.9 Å². The average Bonchev–Trinajstić information content (AvgIpc) is 2.15. The van der Waals surface area contributed by atoms with Gasteiger partial charge in [0, 0.05) is 0 Å². The predicted octanol–water partition coefficient (Wildman–Crippen LogP) is 4.64. The van der Waals surface area contributed by atoms with Gasteiger partial charge in [0.1, 0.15) is 0 Å². The molecule has 0 atom stereocenters. The largest absolute Gasteiger partial charge is 0.0622 e. The van der Waals surface area contributed by atoms with Crippen molar-refractivity contribution in [3.05, 3.63) is 44.9 Å². The third-order valence-corrected chi connectivity index (χ3v) is 3.31. The van der Waals surface area contributed by atoms with E-state index in [2.05, 4.69) is 63.0 Å². The van der Waals surface area contributed by atoms with Gasteiger partial charge < -0.3 is 0 Å². The molecule has 13 heavy (non-hydrogen) atoms. The summed E-state index contributed by atoms with van der Waals surface area (Å²) in [6.45, 7) is 2.13. The lowest BCUT2D eigenvalue weighted by Crippen LogP contribution is -1.85. The molecule has 0 saturated heterocycles. The Labute approximate surface area is 96.3 Å². The van der Waals surface area contributed by atoms with Gasteiger partial charge in [-0.25, -0.2) is 0 Å². The van der Waals surface area contributed by atoms with Crippen molar-refractivity contribution in [1.29, 1.82) is 0 Å². The smallest absolute Gasteiger partial charge is 0.0593 e. The number of halogens is 2. The molecule has 0 heterocycles. The van der Waals surface area contributed by atoms with Crippen molar-refractivity contribution in [3.63, 3.8) is 0 Å². The number of hydrogen-bond acceptors (Lipinski definition) is 0. The summed E-state index contributed by atoms with van der Waals surface area (Å²) in [7, 11) is 0. The average molecular weight is 304 g/mol. The van der Waals surface area contributed by atoms with E-state index in [0.717, 1.165) is 16.2 Å². The lowest BCUT2D eigenvalue weighted by atomic mass is 10.1. The molecule has 0 unspecified atom stereocenters. The maximum absolute atomic E-state index is 3.41. The Hall–Kier alpha value is -0.0800. The third kappa shape index (κ3) is 4.10. The fraction of sp³-hybridized carbons (Fsp3) is 0.273. The number of rotatable bonds is 3. The summed E-state index contributed by atoms with van der Waals surface area (Å²) in [6.07, 6.45) is 2.20. The van der Waals surface area contributed by atoms with Crippen molar-refractivity contribution in [2.75, 3.05) is 0 Å². The van der Waals surface area contributed by atoms with E-state index in [-0.39, 0.29) is 0 Å². The van der Waals surface area contributed by atoms with E-state index in [1.807, 2.05) is 6.07 Å². The molecular formula is C11H12Br2. The Bertz CT molecular complexity index is 284. The maximum Gasteiger partial charge on any atom is 0.0593 e. The minimum absolute atomic E-state index is 1.08. The molecule has 0 amide bonds. The molecule has 1 rings (SSSR count). The molecule has 0 nitrogen and oxygen atoms in total. The standard InChI is InChI=1S/C11H12Br2/c1-9(11(12)13)7-8-10-5-3-2-4-6-10/h2-6H,7-8H2,1H3. The summed E-state index contributed by atoms with van der Waals surface area (Å²) in [4.78, 5) is 0. The molecule has 0 saturated carbocycles. The second-order valence-corrected chi connectivity index (χ2v) is 5.68. The summed E-state index contributed by atoms with van der Waals surface area (Å²) >= 11 is 6.82. The molecule has 0 N–H and O–H groups in total. The van der Waals surface area contributed by atoms with Crippen LogP contribution in [0.25, 0.3) is 0 Å². The van der Waals surface area contributed by atoms with Crippen molar-refractivity contribution in [3.8, 4) is 0 Å². The van der Waals surface area contributed by atoms with E-state index in [9.17, 15) is 0 Å². The highest BCUT2D eigenvalue weighted by atomic mass is 79.9. The van der Waals surface area contributed by atoms with Gasteiger partial charge in [-0.1, -0.05) is 35.9 Å². The number of hydrogen-bond donors (Lipinski definition) is 0. The van der Waals surface area contributed by atoms with Crippen molar-refractivity contribution in [1.82, 2.24) is 0 Å². The quantitative estimate of drug-likeness (QED) is 0.763. The molecule has 0 fully saturated rings. The van der Waals surface area contributed by atoms with E-state index in [1.54, 1.807) is 0 Å². The molecular weight excluding hydrogens is 292 g/mol. The Balaban J connectivity index is 2.49. The van der Waals surface area contributed by atoms with Gasteiger partial charge in [-0.05, 0) is 57.2 Å².